The molecule has 1 N–H and O–H groups in total. The molecule has 0 saturated heterocycles. The highest BCUT2D eigenvalue weighted by atomic mass is 19.1. The first-order chi connectivity index (χ1) is 13.5. The van der Waals surface area contributed by atoms with Crippen LogP contribution in [0.2, 0.25) is 0 Å². The van der Waals surface area contributed by atoms with E-state index in [1.165, 1.54) is 19.2 Å². The van der Waals surface area contributed by atoms with E-state index < -0.39 is 11.6 Å². The van der Waals surface area contributed by atoms with Crippen LogP contribution in [0.1, 0.15) is 16.8 Å². The Bertz CT molecular complexity index is 1050. The summed E-state index contributed by atoms with van der Waals surface area (Å²) in [6, 6.07) is 5.90. The highest BCUT2D eigenvalue weighted by Crippen LogP contribution is 2.24. The third-order valence-electron chi connectivity index (χ3n) is 4.82. The van der Waals surface area contributed by atoms with E-state index in [1.54, 1.807) is 24.5 Å². The molecule has 28 heavy (non-hydrogen) atoms. The molecule has 0 radical (unpaired) electrons. The minimum Gasteiger partial charge on any atom is -0.497 e. The van der Waals surface area contributed by atoms with Gasteiger partial charge in [0.2, 0.25) is 0 Å². The number of hydrogen-bond acceptors (Lipinski definition) is 5. The maximum Gasteiger partial charge on any atom is 0.254 e. The van der Waals surface area contributed by atoms with Gasteiger partial charge in [0.25, 0.3) is 5.56 Å². The zero-order valence-electron chi connectivity index (χ0n) is 15.2. The minimum atomic E-state index is -0.655. The van der Waals surface area contributed by atoms with Crippen molar-refractivity contribution in [2.45, 2.75) is 19.5 Å². The molecule has 8 heteroatoms. The number of nitrogens with zero attached hydrogens (tertiary/aromatic N) is 3. The van der Waals surface area contributed by atoms with Crippen LogP contribution in [0, 0.1) is 11.6 Å². The van der Waals surface area contributed by atoms with Crippen LogP contribution in [0.25, 0.3) is 11.4 Å². The summed E-state index contributed by atoms with van der Waals surface area (Å²) in [5.41, 5.74) is 1.71. The Morgan fingerprint density at radius 3 is 2.75 bits per heavy atom. The van der Waals surface area contributed by atoms with Gasteiger partial charge in [0.05, 0.1) is 12.8 Å². The molecule has 0 amide bonds. The van der Waals surface area contributed by atoms with Gasteiger partial charge in [-0.05, 0) is 18.6 Å². The van der Waals surface area contributed by atoms with E-state index in [9.17, 15) is 13.6 Å². The van der Waals surface area contributed by atoms with Crippen LogP contribution >= 0.6 is 0 Å². The number of aromatic nitrogens is 3. The molecular formula is C20H18F2N4O2. The molecule has 0 bridgehead atoms. The molecule has 0 fully saturated rings. The van der Waals surface area contributed by atoms with Crippen molar-refractivity contribution in [2.75, 3.05) is 13.7 Å². The van der Waals surface area contributed by atoms with Crippen molar-refractivity contribution in [2.24, 2.45) is 0 Å². The predicted octanol–water partition coefficient (Wildman–Crippen LogP) is 2.68. The number of rotatable bonds is 4. The molecule has 0 aliphatic carbocycles. The van der Waals surface area contributed by atoms with Crippen LogP contribution in [-0.2, 0) is 19.5 Å². The topological polar surface area (TPSA) is 71.1 Å². The molecule has 0 saturated carbocycles. The third-order valence-corrected chi connectivity index (χ3v) is 4.82. The SMILES string of the molecule is COc1cc(F)c(CN2CCc3c(nc(-c4cccnc4)[nH]c3=O)C2)c(F)c1. The van der Waals surface area contributed by atoms with Gasteiger partial charge in [-0.1, -0.05) is 0 Å². The Hall–Kier alpha value is -3.13. The quantitative estimate of drug-likeness (QED) is 0.749. The number of nitrogens with one attached hydrogen (secondary N) is 1. The first kappa shape index (κ1) is 18.2. The zero-order chi connectivity index (χ0) is 19.7. The van der Waals surface area contributed by atoms with Gasteiger partial charge in [-0.15, -0.1) is 0 Å². The lowest BCUT2D eigenvalue weighted by Gasteiger charge is -2.28. The molecule has 3 aromatic rings. The van der Waals surface area contributed by atoms with Gasteiger partial charge >= 0.3 is 0 Å². The molecular weight excluding hydrogens is 366 g/mol. The molecule has 0 unspecified atom stereocenters. The number of benzene rings is 1. The van der Waals surface area contributed by atoms with Gasteiger partial charge in [-0.25, -0.2) is 13.8 Å². The van der Waals surface area contributed by atoms with Gasteiger partial charge in [0.1, 0.15) is 23.2 Å². The third kappa shape index (κ3) is 3.50. The highest BCUT2D eigenvalue weighted by Gasteiger charge is 2.23. The molecule has 0 atom stereocenters. The summed E-state index contributed by atoms with van der Waals surface area (Å²) < 4.78 is 33.4. The van der Waals surface area contributed by atoms with Gasteiger partial charge in [-0.2, -0.15) is 0 Å². The maximum atomic E-state index is 14.3. The molecule has 0 spiro atoms. The summed E-state index contributed by atoms with van der Waals surface area (Å²) in [5, 5.41) is 0. The average Bonchev–Trinajstić information content (AvgIpc) is 2.71. The number of aromatic amines is 1. The minimum absolute atomic E-state index is 0.0263. The van der Waals surface area contributed by atoms with Gasteiger partial charge in [0.15, 0.2) is 0 Å². The van der Waals surface area contributed by atoms with Crippen LogP contribution in [-0.4, -0.2) is 33.5 Å². The van der Waals surface area contributed by atoms with Crippen molar-refractivity contribution >= 4 is 0 Å². The summed E-state index contributed by atoms with van der Waals surface area (Å²) in [7, 11) is 1.36. The molecule has 144 valence electrons. The summed E-state index contributed by atoms with van der Waals surface area (Å²) in [6.45, 7) is 0.921. The summed E-state index contributed by atoms with van der Waals surface area (Å²) in [5.74, 6) is -0.743. The lowest BCUT2D eigenvalue weighted by Crippen LogP contribution is -2.35. The average molecular weight is 384 g/mol. The maximum absolute atomic E-state index is 14.3. The van der Waals surface area contributed by atoms with Crippen LogP contribution < -0.4 is 10.3 Å². The number of methoxy groups -OCH3 is 1. The fraction of sp³-hybridized carbons (Fsp3) is 0.250. The molecule has 6 nitrogen and oxygen atoms in total. The van der Waals surface area contributed by atoms with E-state index in [2.05, 4.69) is 15.0 Å². The van der Waals surface area contributed by atoms with Crippen molar-refractivity contribution in [3.63, 3.8) is 0 Å². The number of fused-ring (bicyclic) bond motifs is 1. The molecule has 1 aliphatic rings. The van der Waals surface area contributed by atoms with Crippen molar-refractivity contribution in [3.05, 3.63) is 75.5 Å². The molecule has 2 aromatic heterocycles. The second kappa shape index (κ2) is 7.47. The summed E-state index contributed by atoms with van der Waals surface area (Å²) in [6.07, 6.45) is 3.72. The van der Waals surface area contributed by atoms with Crippen molar-refractivity contribution in [3.8, 4) is 17.1 Å². The second-order valence-electron chi connectivity index (χ2n) is 6.61. The fourth-order valence-electron chi connectivity index (χ4n) is 3.34. The van der Waals surface area contributed by atoms with E-state index in [0.29, 0.717) is 42.2 Å². The molecule has 1 aromatic carbocycles. The number of pyridine rings is 1. The highest BCUT2D eigenvalue weighted by molar-refractivity contribution is 5.53. The number of halogens is 2. The Morgan fingerprint density at radius 1 is 1.29 bits per heavy atom. The Kier molecular flexibility index (Phi) is 4.87. The monoisotopic (exact) mass is 384 g/mol. The number of H-pyrrole nitrogens is 1. The Balaban J connectivity index is 1.61. The van der Waals surface area contributed by atoms with Crippen LogP contribution in [0.4, 0.5) is 8.78 Å². The van der Waals surface area contributed by atoms with Crippen LogP contribution in [0.3, 0.4) is 0 Å². The predicted molar refractivity (Wildman–Crippen MR) is 98.8 cm³/mol. The van der Waals surface area contributed by atoms with Crippen LogP contribution in [0.5, 0.6) is 5.75 Å². The zero-order valence-corrected chi connectivity index (χ0v) is 15.2. The first-order valence-corrected chi connectivity index (χ1v) is 8.82. The largest absolute Gasteiger partial charge is 0.497 e. The Labute approximate surface area is 159 Å². The molecule has 4 rings (SSSR count). The fourth-order valence-corrected chi connectivity index (χ4v) is 3.34. The van der Waals surface area contributed by atoms with Gasteiger partial charge in [-0.3, -0.25) is 14.7 Å². The number of hydrogen-bond donors (Lipinski definition) is 1. The molecule has 1 aliphatic heterocycles. The normalized spacial score (nSPS) is 14.0. The van der Waals surface area contributed by atoms with E-state index in [0.717, 1.165) is 0 Å². The van der Waals surface area contributed by atoms with E-state index in [4.69, 9.17) is 4.74 Å². The van der Waals surface area contributed by atoms with E-state index >= 15 is 0 Å². The second-order valence-corrected chi connectivity index (χ2v) is 6.61. The molecule has 3 heterocycles. The summed E-state index contributed by atoms with van der Waals surface area (Å²) in [4.78, 5) is 25.7. The van der Waals surface area contributed by atoms with Crippen molar-refractivity contribution in [1.82, 2.24) is 19.9 Å². The van der Waals surface area contributed by atoms with Gasteiger partial charge < -0.3 is 9.72 Å². The van der Waals surface area contributed by atoms with Crippen molar-refractivity contribution in [1.29, 1.82) is 0 Å². The van der Waals surface area contributed by atoms with E-state index in [1.807, 2.05) is 4.90 Å². The van der Waals surface area contributed by atoms with Gasteiger partial charge in [0, 0.05) is 60.9 Å². The first-order valence-electron chi connectivity index (χ1n) is 8.82. The standard InChI is InChI=1S/C20H18F2N4O2/c1-28-13-7-16(21)15(17(22)8-13)10-26-6-4-14-18(11-26)24-19(25-20(14)27)12-3-2-5-23-9-12/h2-3,5,7-9H,4,6,10-11H2,1H3,(H,24,25,27). The lowest BCUT2D eigenvalue weighted by molar-refractivity contribution is 0.233. The van der Waals surface area contributed by atoms with Crippen LogP contribution in [0.15, 0.2) is 41.5 Å². The van der Waals surface area contributed by atoms with E-state index in [-0.39, 0.29) is 23.4 Å². The summed E-state index contributed by atoms with van der Waals surface area (Å²) >= 11 is 0. The lowest BCUT2D eigenvalue weighted by atomic mass is 10.0. The number of ether oxygens (including phenoxy) is 1. The smallest absolute Gasteiger partial charge is 0.254 e. The van der Waals surface area contributed by atoms with Crippen molar-refractivity contribution < 1.29 is 13.5 Å². The Morgan fingerprint density at radius 2 is 2.07 bits per heavy atom.